The Hall–Kier alpha value is -0.0900. The van der Waals surface area contributed by atoms with E-state index in [0.717, 1.165) is 18.9 Å². The van der Waals surface area contributed by atoms with Crippen molar-refractivity contribution in [2.24, 2.45) is 10.9 Å². The Balaban J connectivity index is 0. The smallest absolute Gasteiger partial charge is 0.211 e. The maximum Gasteiger partial charge on any atom is 0.211 e. The second kappa shape index (κ2) is 13.4. The van der Waals surface area contributed by atoms with Gasteiger partial charge in [0.1, 0.15) is 0 Å². The van der Waals surface area contributed by atoms with Crippen LogP contribution in [-0.2, 0) is 10.0 Å². The van der Waals surface area contributed by atoms with Crippen molar-refractivity contribution in [3.05, 3.63) is 0 Å². The average molecular weight is 448 g/mol. The van der Waals surface area contributed by atoms with Crippen LogP contribution in [0.3, 0.4) is 0 Å². The van der Waals surface area contributed by atoms with Crippen LogP contribution in [0.5, 0.6) is 0 Å². The molecule has 1 unspecified atom stereocenters. The Bertz CT molecular complexity index is 400. The fourth-order valence-electron chi connectivity index (χ4n) is 1.68. The zero-order valence-corrected chi connectivity index (χ0v) is 17.6. The van der Waals surface area contributed by atoms with Gasteiger partial charge in [-0.1, -0.05) is 13.8 Å². The summed E-state index contributed by atoms with van der Waals surface area (Å²) in [7, 11) is -3.13. The van der Waals surface area contributed by atoms with Gasteiger partial charge in [0.2, 0.25) is 10.0 Å². The maximum absolute atomic E-state index is 11.3. The van der Waals surface area contributed by atoms with E-state index in [1.165, 1.54) is 6.42 Å². The predicted molar refractivity (Wildman–Crippen MR) is 106 cm³/mol. The van der Waals surface area contributed by atoms with Gasteiger partial charge in [0, 0.05) is 19.1 Å². The van der Waals surface area contributed by atoms with Crippen LogP contribution < -0.4 is 15.4 Å². The molecule has 0 rings (SSSR count). The van der Waals surface area contributed by atoms with Gasteiger partial charge < -0.3 is 10.6 Å². The first-order valence-corrected chi connectivity index (χ1v) is 9.48. The number of nitrogens with zero attached hydrogens (tertiary/aromatic N) is 1. The molecule has 8 heteroatoms. The highest BCUT2D eigenvalue weighted by Gasteiger charge is 2.07. The first kappa shape index (κ1) is 24.2. The number of rotatable bonds is 10. The van der Waals surface area contributed by atoms with Gasteiger partial charge in [0.25, 0.3) is 0 Å². The summed E-state index contributed by atoms with van der Waals surface area (Å²) in [5.41, 5.74) is 0. The van der Waals surface area contributed by atoms with Crippen molar-refractivity contribution in [2.45, 2.75) is 53.5 Å². The summed E-state index contributed by atoms with van der Waals surface area (Å²) in [5.74, 6) is 1.53. The molecule has 0 bridgehead atoms. The number of aliphatic imine (C=N–C) groups is 1. The zero-order chi connectivity index (χ0) is 16.3. The van der Waals surface area contributed by atoms with Crippen LogP contribution in [-0.4, -0.2) is 45.8 Å². The molecule has 0 heterocycles. The van der Waals surface area contributed by atoms with Crippen LogP contribution in [0.25, 0.3) is 0 Å². The Morgan fingerprint density at radius 1 is 1.14 bits per heavy atom. The fourth-order valence-corrected chi connectivity index (χ4v) is 2.29. The van der Waals surface area contributed by atoms with Crippen LogP contribution in [0.1, 0.15) is 47.5 Å². The van der Waals surface area contributed by atoms with Crippen LogP contribution >= 0.6 is 24.0 Å². The second-order valence-corrected chi connectivity index (χ2v) is 7.67. The lowest BCUT2D eigenvalue weighted by atomic mass is 10.0. The minimum atomic E-state index is -3.13. The van der Waals surface area contributed by atoms with E-state index in [4.69, 9.17) is 0 Å². The molecule has 0 aliphatic heterocycles. The summed E-state index contributed by atoms with van der Waals surface area (Å²) in [6.07, 6.45) is 2.26. The van der Waals surface area contributed by atoms with Crippen molar-refractivity contribution in [1.29, 1.82) is 0 Å². The van der Waals surface area contributed by atoms with Gasteiger partial charge in [-0.25, -0.2) is 13.1 Å². The number of halogens is 1. The first-order valence-electron chi connectivity index (χ1n) is 7.82. The predicted octanol–water partition coefficient (Wildman–Crippen LogP) is 1.92. The molecule has 1 atom stereocenters. The van der Waals surface area contributed by atoms with E-state index in [-0.39, 0.29) is 29.7 Å². The summed E-state index contributed by atoms with van der Waals surface area (Å²) >= 11 is 0. The molecule has 0 aliphatic rings. The lowest BCUT2D eigenvalue weighted by Gasteiger charge is -2.18. The molecule has 0 radical (unpaired) electrons. The molecule has 0 aromatic carbocycles. The van der Waals surface area contributed by atoms with E-state index in [1.54, 1.807) is 6.92 Å². The quantitative estimate of drug-likeness (QED) is 0.207. The summed E-state index contributed by atoms with van der Waals surface area (Å²) in [6.45, 7) is 11.7. The first-order chi connectivity index (χ1) is 9.80. The van der Waals surface area contributed by atoms with Crippen molar-refractivity contribution in [2.75, 3.05) is 25.4 Å². The molecule has 0 fully saturated rings. The van der Waals surface area contributed by atoms with Crippen molar-refractivity contribution in [1.82, 2.24) is 15.4 Å². The Morgan fingerprint density at radius 2 is 1.77 bits per heavy atom. The number of nitrogens with one attached hydrogen (secondary N) is 3. The topological polar surface area (TPSA) is 82.6 Å². The van der Waals surface area contributed by atoms with E-state index >= 15 is 0 Å². The van der Waals surface area contributed by atoms with Crippen LogP contribution in [0, 0.1) is 5.92 Å². The van der Waals surface area contributed by atoms with Crippen LogP contribution in [0.2, 0.25) is 0 Å². The Morgan fingerprint density at radius 3 is 2.27 bits per heavy atom. The third kappa shape index (κ3) is 13.6. The molecule has 0 saturated carbocycles. The number of hydrogen-bond acceptors (Lipinski definition) is 3. The molecule has 22 heavy (non-hydrogen) atoms. The molecule has 0 aromatic rings. The summed E-state index contributed by atoms with van der Waals surface area (Å²) in [5, 5.41) is 6.52. The zero-order valence-electron chi connectivity index (χ0n) is 14.5. The minimum absolute atomic E-state index is 0. The molecule has 0 saturated heterocycles. The van der Waals surface area contributed by atoms with E-state index in [1.807, 2.05) is 6.92 Å². The fraction of sp³-hybridized carbons (Fsp3) is 0.929. The van der Waals surface area contributed by atoms with Gasteiger partial charge in [-0.2, -0.15) is 0 Å². The van der Waals surface area contributed by atoms with Crippen molar-refractivity contribution < 1.29 is 8.42 Å². The van der Waals surface area contributed by atoms with Gasteiger partial charge in [-0.3, -0.25) is 4.99 Å². The molecule has 3 N–H and O–H groups in total. The molecule has 6 nitrogen and oxygen atoms in total. The normalized spacial score (nSPS) is 13.6. The van der Waals surface area contributed by atoms with Crippen molar-refractivity contribution in [3.63, 3.8) is 0 Å². The Kier molecular flexibility index (Phi) is 14.7. The SMILES string of the molecule is CCNC(=NCCNS(=O)(=O)CC)NC(C)CCC(C)C.I. The van der Waals surface area contributed by atoms with Crippen molar-refractivity contribution in [3.8, 4) is 0 Å². The molecule has 0 aliphatic carbocycles. The van der Waals surface area contributed by atoms with Gasteiger partial charge >= 0.3 is 0 Å². The van der Waals surface area contributed by atoms with E-state index < -0.39 is 10.0 Å². The lowest BCUT2D eigenvalue weighted by molar-refractivity contribution is 0.489. The summed E-state index contributed by atoms with van der Waals surface area (Å²) < 4.78 is 25.1. The third-order valence-corrected chi connectivity index (χ3v) is 4.39. The standard InChI is InChI=1S/C14H32N4O2S.HI/c1-6-15-14(18-13(5)9-8-12(3)4)16-10-11-17-21(19,20)7-2;/h12-13,17H,6-11H2,1-5H3,(H2,15,16,18);1H. The molecule has 0 spiro atoms. The van der Waals surface area contributed by atoms with Gasteiger partial charge in [0.15, 0.2) is 5.96 Å². The van der Waals surface area contributed by atoms with Crippen LogP contribution in [0.4, 0.5) is 0 Å². The number of hydrogen-bond donors (Lipinski definition) is 3. The molecule has 0 amide bonds. The molecule has 134 valence electrons. The van der Waals surface area contributed by atoms with Gasteiger partial charge in [0.05, 0.1) is 12.3 Å². The Labute approximate surface area is 153 Å². The lowest BCUT2D eigenvalue weighted by Crippen LogP contribution is -2.42. The largest absolute Gasteiger partial charge is 0.357 e. The van der Waals surface area contributed by atoms with Gasteiger partial charge in [-0.05, 0) is 39.5 Å². The second-order valence-electron chi connectivity index (χ2n) is 5.58. The van der Waals surface area contributed by atoms with E-state index in [9.17, 15) is 8.42 Å². The monoisotopic (exact) mass is 448 g/mol. The number of sulfonamides is 1. The highest BCUT2D eigenvalue weighted by molar-refractivity contribution is 14.0. The number of guanidine groups is 1. The van der Waals surface area contributed by atoms with Crippen LogP contribution in [0.15, 0.2) is 4.99 Å². The van der Waals surface area contributed by atoms with E-state index in [0.29, 0.717) is 25.0 Å². The molecular formula is C14H33IN4O2S. The molecule has 0 aromatic heterocycles. The average Bonchev–Trinajstić information content (AvgIpc) is 2.41. The summed E-state index contributed by atoms with van der Waals surface area (Å²) in [4.78, 5) is 4.39. The minimum Gasteiger partial charge on any atom is -0.357 e. The third-order valence-electron chi connectivity index (χ3n) is 2.99. The van der Waals surface area contributed by atoms with Gasteiger partial charge in [-0.15, -0.1) is 24.0 Å². The maximum atomic E-state index is 11.3. The molecular weight excluding hydrogens is 415 g/mol. The summed E-state index contributed by atoms with van der Waals surface area (Å²) in [6, 6.07) is 0.345. The highest BCUT2D eigenvalue weighted by atomic mass is 127. The van der Waals surface area contributed by atoms with E-state index in [2.05, 4.69) is 41.1 Å². The van der Waals surface area contributed by atoms with Crippen molar-refractivity contribution >= 4 is 40.0 Å². The highest BCUT2D eigenvalue weighted by Crippen LogP contribution is 2.06.